The largest absolute Gasteiger partial charge is 0.368 e. The number of alkyl halides is 1. The average Bonchev–Trinajstić information content (AvgIpc) is 2.02. The van der Waals surface area contributed by atoms with Crippen molar-refractivity contribution in [3.63, 3.8) is 0 Å². The van der Waals surface area contributed by atoms with Crippen LogP contribution in [0.5, 0.6) is 0 Å². The molecule has 0 aliphatic heterocycles. The molecule has 0 aromatic carbocycles. The molecule has 13 heavy (non-hydrogen) atoms. The van der Waals surface area contributed by atoms with E-state index >= 15 is 0 Å². The van der Waals surface area contributed by atoms with Gasteiger partial charge in [0.05, 0.1) is 0 Å². The third-order valence-electron chi connectivity index (χ3n) is 1.51. The standard InChI is InChI=1S/C8H15ClN2O2/c1-5(2)3-6(8(10)13)11-7(12)4-9/h5-6H,3-4H2,1-2H3,(H2,10,13)(H,11,12). The van der Waals surface area contributed by atoms with Crippen LogP contribution >= 0.6 is 11.6 Å². The van der Waals surface area contributed by atoms with Crippen molar-refractivity contribution in [2.45, 2.75) is 26.3 Å². The van der Waals surface area contributed by atoms with Gasteiger partial charge in [0.25, 0.3) is 0 Å². The zero-order chi connectivity index (χ0) is 10.4. The van der Waals surface area contributed by atoms with Crippen LogP contribution in [0.2, 0.25) is 0 Å². The maximum Gasteiger partial charge on any atom is 0.240 e. The fourth-order valence-corrected chi connectivity index (χ4v) is 1.03. The Morgan fingerprint density at radius 1 is 1.46 bits per heavy atom. The third-order valence-corrected chi connectivity index (χ3v) is 1.75. The molecule has 0 saturated heterocycles. The van der Waals surface area contributed by atoms with Gasteiger partial charge in [0.15, 0.2) is 0 Å². The Morgan fingerprint density at radius 3 is 2.31 bits per heavy atom. The van der Waals surface area contributed by atoms with Gasteiger partial charge in [-0.25, -0.2) is 0 Å². The van der Waals surface area contributed by atoms with E-state index in [9.17, 15) is 9.59 Å². The molecule has 1 atom stereocenters. The first kappa shape index (κ1) is 12.2. The molecule has 76 valence electrons. The van der Waals surface area contributed by atoms with Crippen molar-refractivity contribution >= 4 is 23.4 Å². The number of carbonyl (C=O) groups excluding carboxylic acids is 2. The molecule has 0 spiro atoms. The minimum atomic E-state index is -0.605. The lowest BCUT2D eigenvalue weighted by Crippen LogP contribution is -2.45. The van der Waals surface area contributed by atoms with Crippen LogP contribution in [0.4, 0.5) is 0 Å². The molecule has 0 aromatic rings. The molecule has 0 saturated carbocycles. The van der Waals surface area contributed by atoms with Crippen LogP contribution in [-0.2, 0) is 9.59 Å². The molecule has 5 heteroatoms. The van der Waals surface area contributed by atoms with E-state index in [-0.39, 0.29) is 11.8 Å². The summed E-state index contributed by atoms with van der Waals surface area (Å²) in [7, 11) is 0. The lowest BCUT2D eigenvalue weighted by molar-refractivity contribution is -0.126. The fraction of sp³-hybridized carbons (Fsp3) is 0.750. The highest BCUT2D eigenvalue weighted by Crippen LogP contribution is 2.04. The molecule has 0 heterocycles. The van der Waals surface area contributed by atoms with Crippen LogP contribution in [0.15, 0.2) is 0 Å². The topological polar surface area (TPSA) is 72.2 Å². The Balaban J connectivity index is 4.10. The Morgan fingerprint density at radius 2 is 2.00 bits per heavy atom. The van der Waals surface area contributed by atoms with E-state index in [2.05, 4.69) is 5.32 Å². The van der Waals surface area contributed by atoms with E-state index in [1.165, 1.54) is 0 Å². The third kappa shape index (κ3) is 5.47. The van der Waals surface area contributed by atoms with Crippen LogP contribution in [0.25, 0.3) is 0 Å². The predicted molar refractivity (Wildman–Crippen MR) is 51.3 cm³/mol. The van der Waals surface area contributed by atoms with Crippen LogP contribution in [0, 0.1) is 5.92 Å². The summed E-state index contributed by atoms with van der Waals surface area (Å²) in [6, 6.07) is -0.605. The molecule has 0 aromatic heterocycles. The van der Waals surface area contributed by atoms with E-state index in [0.717, 1.165) is 0 Å². The van der Waals surface area contributed by atoms with Crippen LogP contribution < -0.4 is 11.1 Å². The quantitative estimate of drug-likeness (QED) is 0.633. The highest BCUT2D eigenvalue weighted by atomic mass is 35.5. The zero-order valence-corrected chi connectivity index (χ0v) is 8.60. The Labute approximate surface area is 82.8 Å². The molecule has 4 nitrogen and oxygen atoms in total. The number of hydrogen-bond acceptors (Lipinski definition) is 2. The number of nitrogens with one attached hydrogen (secondary N) is 1. The van der Waals surface area contributed by atoms with Crippen LogP contribution in [-0.4, -0.2) is 23.7 Å². The Kier molecular flexibility index (Phi) is 5.46. The van der Waals surface area contributed by atoms with Crippen molar-refractivity contribution in [1.29, 1.82) is 0 Å². The van der Waals surface area contributed by atoms with E-state index in [0.29, 0.717) is 12.3 Å². The first-order chi connectivity index (χ1) is 5.97. The SMILES string of the molecule is CC(C)CC(NC(=O)CCl)C(N)=O. The number of amides is 2. The second-order valence-electron chi connectivity index (χ2n) is 3.29. The fourth-order valence-electron chi connectivity index (χ4n) is 0.951. The minimum absolute atomic E-state index is 0.151. The van der Waals surface area contributed by atoms with Crippen molar-refractivity contribution in [3.05, 3.63) is 0 Å². The summed E-state index contributed by atoms with van der Waals surface area (Å²) >= 11 is 5.27. The summed E-state index contributed by atoms with van der Waals surface area (Å²) in [6.45, 7) is 3.89. The van der Waals surface area contributed by atoms with E-state index < -0.39 is 11.9 Å². The summed E-state index contributed by atoms with van der Waals surface area (Å²) in [5.41, 5.74) is 5.09. The van der Waals surface area contributed by atoms with Gasteiger partial charge in [-0.15, -0.1) is 11.6 Å². The second-order valence-corrected chi connectivity index (χ2v) is 3.55. The van der Waals surface area contributed by atoms with Gasteiger partial charge in [-0.1, -0.05) is 13.8 Å². The molecule has 0 fully saturated rings. The first-order valence-corrected chi connectivity index (χ1v) is 4.65. The van der Waals surface area contributed by atoms with Crippen LogP contribution in [0.3, 0.4) is 0 Å². The normalized spacial score (nSPS) is 12.6. The van der Waals surface area contributed by atoms with Gasteiger partial charge in [-0.05, 0) is 12.3 Å². The number of nitrogens with two attached hydrogens (primary N) is 1. The van der Waals surface area contributed by atoms with Crippen molar-refractivity contribution < 1.29 is 9.59 Å². The molecule has 0 radical (unpaired) electrons. The Hall–Kier alpha value is -0.770. The molecule has 2 amide bonds. The number of primary amides is 1. The summed E-state index contributed by atoms with van der Waals surface area (Å²) in [5.74, 6) is -0.742. The van der Waals surface area contributed by atoms with Gasteiger partial charge in [-0.2, -0.15) is 0 Å². The summed E-state index contributed by atoms with van der Waals surface area (Å²) in [6.07, 6.45) is 0.540. The van der Waals surface area contributed by atoms with E-state index in [4.69, 9.17) is 17.3 Å². The molecule has 3 N–H and O–H groups in total. The summed E-state index contributed by atoms with van der Waals surface area (Å²) < 4.78 is 0. The molecule has 0 aliphatic carbocycles. The molecular formula is C8H15ClN2O2. The number of rotatable bonds is 5. The average molecular weight is 207 g/mol. The zero-order valence-electron chi connectivity index (χ0n) is 7.84. The first-order valence-electron chi connectivity index (χ1n) is 4.12. The van der Waals surface area contributed by atoms with Crippen molar-refractivity contribution in [2.24, 2.45) is 11.7 Å². The molecule has 0 bridgehead atoms. The molecular weight excluding hydrogens is 192 g/mol. The van der Waals surface area contributed by atoms with Gasteiger partial charge in [-0.3, -0.25) is 9.59 Å². The van der Waals surface area contributed by atoms with Gasteiger partial charge in [0, 0.05) is 0 Å². The lowest BCUT2D eigenvalue weighted by atomic mass is 10.0. The number of hydrogen-bond donors (Lipinski definition) is 2. The smallest absolute Gasteiger partial charge is 0.240 e. The lowest BCUT2D eigenvalue weighted by Gasteiger charge is -2.16. The monoisotopic (exact) mass is 206 g/mol. The van der Waals surface area contributed by atoms with Gasteiger partial charge in [0.2, 0.25) is 11.8 Å². The Bertz CT molecular complexity index is 195. The predicted octanol–water partition coefficient (Wildman–Crippen LogP) is 0.241. The highest BCUT2D eigenvalue weighted by molar-refractivity contribution is 6.27. The van der Waals surface area contributed by atoms with E-state index in [1.807, 2.05) is 13.8 Å². The van der Waals surface area contributed by atoms with Crippen LogP contribution in [0.1, 0.15) is 20.3 Å². The second kappa shape index (κ2) is 5.80. The molecule has 0 aliphatic rings. The van der Waals surface area contributed by atoms with Crippen molar-refractivity contribution in [2.75, 3.05) is 5.88 Å². The van der Waals surface area contributed by atoms with E-state index in [1.54, 1.807) is 0 Å². The van der Waals surface area contributed by atoms with Gasteiger partial charge >= 0.3 is 0 Å². The van der Waals surface area contributed by atoms with Crippen molar-refractivity contribution in [1.82, 2.24) is 5.32 Å². The molecule has 0 rings (SSSR count). The van der Waals surface area contributed by atoms with Gasteiger partial charge < -0.3 is 11.1 Å². The summed E-state index contributed by atoms with van der Waals surface area (Å²) in [4.78, 5) is 21.7. The molecule has 1 unspecified atom stereocenters. The number of carbonyl (C=O) groups is 2. The number of halogens is 1. The highest BCUT2D eigenvalue weighted by Gasteiger charge is 2.18. The maximum atomic E-state index is 10.9. The summed E-state index contributed by atoms with van der Waals surface area (Å²) in [5, 5.41) is 2.45. The maximum absolute atomic E-state index is 10.9. The minimum Gasteiger partial charge on any atom is -0.368 e. The van der Waals surface area contributed by atoms with Gasteiger partial charge in [0.1, 0.15) is 11.9 Å². The van der Waals surface area contributed by atoms with Crippen molar-refractivity contribution in [3.8, 4) is 0 Å².